The van der Waals surface area contributed by atoms with Crippen LogP contribution in [0.2, 0.25) is 5.02 Å². The van der Waals surface area contributed by atoms with Crippen LogP contribution in [0, 0.1) is 0 Å². The Morgan fingerprint density at radius 2 is 1.77 bits per heavy atom. The molecule has 1 heterocycles. The average Bonchev–Trinajstić information content (AvgIpc) is 3.19. The van der Waals surface area contributed by atoms with E-state index in [1.165, 1.54) is 12.8 Å². The fourth-order valence-electron chi connectivity index (χ4n) is 2.84. The Morgan fingerprint density at radius 3 is 2.46 bits per heavy atom. The number of carbonyl (C=O) groups excluding carboxylic acids is 1. The van der Waals surface area contributed by atoms with Crippen LogP contribution in [0.1, 0.15) is 34.8 Å². The fourth-order valence-corrected chi connectivity index (χ4v) is 2.96. The molecule has 0 spiro atoms. The van der Waals surface area contributed by atoms with E-state index in [0.29, 0.717) is 10.6 Å². The molecule has 3 rings (SSSR count). The number of allylic oxidation sites excluding steroid dienone is 1. The zero-order chi connectivity index (χ0) is 18.2. The molecule has 1 aliphatic heterocycles. The van der Waals surface area contributed by atoms with Gasteiger partial charge in [-0.2, -0.15) is 5.10 Å². The van der Waals surface area contributed by atoms with Gasteiger partial charge in [-0.1, -0.05) is 48.0 Å². The fraction of sp³-hybridized carbons (Fsp3) is 0.238. The summed E-state index contributed by atoms with van der Waals surface area (Å²) in [5.74, 6) is -0.119. The van der Waals surface area contributed by atoms with Crippen LogP contribution >= 0.6 is 11.6 Å². The molecule has 1 atom stereocenters. The number of nitrogens with zero attached hydrogens (tertiary/aromatic N) is 2. The molecule has 134 valence electrons. The maximum atomic E-state index is 12.5. The van der Waals surface area contributed by atoms with Crippen LogP contribution in [0.15, 0.2) is 71.9 Å². The third-order valence-corrected chi connectivity index (χ3v) is 4.51. The maximum Gasteiger partial charge on any atom is 0.252 e. The first-order valence-electron chi connectivity index (χ1n) is 8.79. The van der Waals surface area contributed by atoms with Crippen molar-refractivity contribution in [3.63, 3.8) is 0 Å². The van der Waals surface area contributed by atoms with Gasteiger partial charge in [0.2, 0.25) is 0 Å². The summed E-state index contributed by atoms with van der Waals surface area (Å²) in [5.41, 5.74) is 1.59. The predicted molar refractivity (Wildman–Crippen MR) is 107 cm³/mol. The van der Waals surface area contributed by atoms with E-state index in [2.05, 4.69) is 15.4 Å². The van der Waals surface area contributed by atoms with E-state index < -0.39 is 0 Å². The minimum Gasteiger partial charge on any atom is -0.342 e. The van der Waals surface area contributed by atoms with Gasteiger partial charge in [-0.15, -0.1) is 0 Å². The summed E-state index contributed by atoms with van der Waals surface area (Å²) >= 11 is 5.99. The highest BCUT2D eigenvalue weighted by atomic mass is 35.5. The van der Waals surface area contributed by atoms with Crippen molar-refractivity contribution in [1.29, 1.82) is 0 Å². The number of amides is 1. The summed E-state index contributed by atoms with van der Waals surface area (Å²) in [6.07, 6.45) is 7.98. The van der Waals surface area contributed by atoms with Gasteiger partial charge in [0.05, 0.1) is 6.04 Å². The highest BCUT2D eigenvalue weighted by Gasteiger charge is 2.13. The minimum absolute atomic E-state index is 0.119. The lowest BCUT2D eigenvalue weighted by Gasteiger charge is -2.16. The molecule has 0 unspecified atom stereocenters. The van der Waals surface area contributed by atoms with Crippen LogP contribution in [0.4, 0.5) is 0 Å². The second-order valence-electron chi connectivity index (χ2n) is 6.18. The number of halogens is 1. The molecule has 1 aliphatic rings. The summed E-state index contributed by atoms with van der Waals surface area (Å²) < 4.78 is 0. The molecule has 0 radical (unpaired) electrons. The van der Waals surface area contributed by atoms with Crippen molar-refractivity contribution in [2.24, 2.45) is 5.10 Å². The molecule has 4 nitrogen and oxygen atoms in total. The molecule has 0 aliphatic carbocycles. The van der Waals surface area contributed by atoms with Crippen molar-refractivity contribution in [2.45, 2.75) is 18.9 Å². The Kier molecular flexibility index (Phi) is 6.45. The Bertz CT molecular complexity index is 766. The van der Waals surface area contributed by atoms with Gasteiger partial charge in [0.25, 0.3) is 5.91 Å². The van der Waals surface area contributed by atoms with E-state index in [-0.39, 0.29) is 11.9 Å². The third kappa shape index (κ3) is 5.20. The number of benzene rings is 2. The Hall–Kier alpha value is -2.59. The van der Waals surface area contributed by atoms with E-state index in [9.17, 15) is 4.79 Å². The monoisotopic (exact) mass is 367 g/mol. The number of nitrogens with one attached hydrogen (secondary N) is 1. The molecule has 1 saturated heterocycles. The lowest BCUT2D eigenvalue weighted by Crippen LogP contribution is -2.27. The molecule has 2 aromatic rings. The summed E-state index contributed by atoms with van der Waals surface area (Å²) in [5, 5.41) is 10.2. The highest BCUT2D eigenvalue weighted by molar-refractivity contribution is 6.30. The smallest absolute Gasteiger partial charge is 0.252 e. The third-order valence-electron chi connectivity index (χ3n) is 4.25. The van der Waals surface area contributed by atoms with Gasteiger partial charge in [0.15, 0.2) is 0 Å². The molecule has 1 amide bonds. The maximum absolute atomic E-state index is 12.5. The number of hydrogen-bond donors (Lipinski definition) is 1. The summed E-state index contributed by atoms with van der Waals surface area (Å²) in [7, 11) is 0. The minimum atomic E-state index is -0.259. The van der Waals surface area contributed by atoms with Crippen LogP contribution < -0.4 is 5.32 Å². The van der Waals surface area contributed by atoms with Crippen molar-refractivity contribution >= 4 is 23.7 Å². The molecule has 0 saturated carbocycles. The van der Waals surface area contributed by atoms with E-state index in [0.717, 1.165) is 18.7 Å². The molecule has 26 heavy (non-hydrogen) atoms. The summed E-state index contributed by atoms with van der Waals surface area (Å²) in [6.45, 7) is 2.02. The van der Waals surface area contributed by atoms with Crippen molar-refractivity contribution < 1.29 is 4.79 Å². The first-order valence-corrected chi connectivity index (χ1v) is 9.17. The first kappa shape index (κ1) is 18.2. The number of hydrogen-bond acceptors (Lipinski definition) is 3. The first-order chi connectivity index (χ1) is 12.7. The quantitative estimate of drug-likeness (QED) is 0.766. The molecule has 2 aromatic carbocycles. The van der Waals surface area contributed by atoms with E-state index in [1.807, 2.05) is 54.6 Å². The van der Waals surface area contributed by atoms with E-state index in [4.69, 9.17) is 11.6 Å². The van der Waals surface area contributed by atoms with Gasteiger partial charge < -0.3 is 5.32 Å². The number of carbonyl (C=O) groups is 1. The van der Waals surface area contributed by atoms with Crippen LogP contribution in [0.5, 0.6) is 0 Å². The van der Waals surface area contributed by atoms with Crippen molar-refractivity contribution in [3.05, 3.63) is 82.9 Å². The van der Waals surface area contributed by atoms with Gasteiger partial charge in [-0.25, -0.2) is 0 Å². The average molecular weight is 368 g/mol. The lowest BCUT2D eigenvalue weighted by molar-refractivity contribution is 0.0944. The number of hydrazone groups is 1. The zero-order valence-electron chi connectivity index (χ0n) is 14.5. The Morgan fingerprint density at radius 1 is 1.08 bits per heavy atom. The van der Waals surface area contributed by atoms with Gasteiger partial charge >= 0.3 is 0 Å². The molecular weight excluding hydrogens is 346 g/mol. The topological polar surface area (TPSA) is 44.7 Å². The van der Waals surface area contributed by atoms with Crippen molar-refractivity contribution in [1.82, 2.24) is 10.3 Å². The van der Waals surface area contributed by atoms with Gasteiger partial charge in [-0.05, 0) is 48.7 Å². The highest BCUT2D eigenvalue weighted by Crippen LogP contribution is 2.18. The standard InChI is InChI=1S/C21H22ClN3O/c22-19-12-10-17(11-13-19)20(9-6-14-23-25-15-4-5-16-25)24-21(26)18-7-2-1-3-8-18/h1-3,6-14,20H,4-5,15-16H2,(H,24,26)/b9-6+,23-14+/t20-/m1/s1. The van der Waals surface area contributed by atoms with Crippen LogP contribution in [0.25, 0.3) is 0 Å². The van der Waals surface area contributed by atoms with Gasteiger partial charge in [0, 0.05) is 29.9 Å². The van der Waals surface area contributed by atoms with Crippen LogP contribution in [-0.4, -0.2) is 30.2 Å². The normalized spacial score (nSPS) is 15.7. The molecular formula is C21H22ClN3O. The molecule has 0 bridgehead atoms. The summed E-state index contributed by atoms with van der Waals surface area (Å²) in [6, 6.07) is 16.4. The second kappa shape index (κ2) is 9.20. The molecule has 0 aromatic heterocycles. The molecule has 1 fully saturated rings. The van der Waals surface area contributed by atoms with E-state index in [1.54, 1.807) is 18.3 Å². The largest absolute Gasteiger partial charge is 0.342 e. The van der Waals surface area contributed by atoms with Crippen LogP contribution in [-0.2, 0) is 0 Å². The Labute approximate surface area is 159 Å². The van der Waals surface area contributed by atoms with Gasteiger partial charge in [-0.3, -0.25) is 9.80 Å². The zero-order valence-corrected chi connectivity index (χ0v) is 15.3. The SMILES string of the molecule is O=C(N[C@H](/C=C/C=N/N1CCCC1)c1ccc(Cl)cc1)c1ccccc1. The molecule has 1 N–H and O–H groups in total. The predicted octanol–water partition coefficient (Wildman–Crippen LogP) is 4.45. The van der Waals surface area contributed by atoms with Crippen LogP contribution in [0.3, 0.4) is 0 Å². The number of rotatable bonds is 6. The van der Waals surface area contributed by atoms with Crippen molar-refractivity contribution in [2.75, 3.05) is 13.1 Å². The second-order valence-corrected chi connectivity index (χ2v) is 6.62. The van der Waals surface area contributed by atoms with Crippen molar-refractivity contribution in [3.8, 4) is 0 Å². The lowest BCUT2D eigenvalue weighted by atomic mass is 10.1. The molecule has 5 heteroatoms. The summed E-state index contributed by atoms with van der Waals surface area (Å²) in [4.78, 5) is 12.5. The van der Waals surface area contributed by atoms with E-state index >= 15 is 0 Å². The van der Waals surface area contributed by atoms with Gasteiger partial charge in [0.1, 0.15) is 0 Å². The Balaban J connectivity index is 1.72.